The van der Waals surface area contributed by atoms with Crippen LogP contribution in [0.25, 0.3) is 5.57 Å². The zero-order valence-electron chi connectivity index (χ0n) is 14.9. The molecule has 0 aliphatic heterocycles. The van der Waals surface area contributed by atoms with Gasteiger partial charge in [0.05, 0.1) is 7.11 Å². The molecule has 2 aromatic rings. The lowest BCUT2D eigenvalue weighted by atomic mass is 9.87. The van der Waals surface area contributed by atoms with Crippen molar-refractivity contribution in [3.8, 4) is 5.75 Å². The van der Waals surface area contributed by atoms with E-state index in [0.717, 1.165) is 41.5 Å². The predicted octanol–water partition coefficient (Wildman–Crippen LogP) is 5.89. The second kappa shape index (κ2) is 7.81. The fraction of sp³-hybridized carbons (Fsp3) is 0.364. The number of aryl methyl sites for hydroxylation is 1. The lowest BCUT2D eigenvalue weighted by Gasteiger charge is -2.19. The zero-order chi connectivity index (χ0) is 17.8. The van der Waals surface area contributed by atoms with Gasteiger partial charge in [0.25, 0.3) is 0 Å². The van der Waals surface area contributed by atoms with Gasteiger partial charge < -0.3 is 4.74 Å². The molecule has 0 spiro atoms. The predicted molar refractivity (Wildman–Crippen MR) is 98.0 cm³/mol. The molecule has 0 aromatic heterocycles. The molecular weight excluding hydrogens is 318 g/mol. The van der Waals surface area contributed by atoms with Crippen molar-refractivity contribution in [3.05, 3.63) is 70.3 Å². The molecule has 0 radical (unpaired) electrons. The van der Waals surface area contributed by atoms with Crippen LogP contribution in [-0.4, -0.2) is 7.11 Å². The van der Waals surface area contributed by atoms with Crippen molar-refractivity contribution in [3.63, 3.8) is 0 Å². The molecule has 0 N–H and O–H groups in total. The molecule has 1 aliphatic rings. The number of hydrogen-bond donors (Lipinski definition) is 0. The number of hydrogen-bond acceptors (Lipinski definition) is 1. The Bertz CT molecular complexity index is 793. The van der Waals surface area contributed by atoms with E-state index in [0.29, 0.717) is 18.4 Å². The summed E-state index contributed by atoms with van der Waals surface area (Å²) >= 11 is 0. The summed E-state index contributed by atoms with van der Waals surface area (Å²) in [4.78, 5) is 0. The summed E-state index contributed by atoms with van der Waals surface area (Å²) in [6, 6.07) is 8.78. The summed E-state index contributed by atoms with van der Waals surface area (Å²) in [5.74, 6) is -0.287. The molecule has 1 nitrogen and oxygen atoms in total. The molecule has 0 heterocycles. The third-order valence-electron chi connectivity index (χ3n) is 4.87. The minimum absolute atomic E-state index is 0.183. The summed E-state index contributed by atoms with van der Waals surface area (Å²) in [7, 11) is 1.46. The number of unbranched alkanes of at least 4 members (excludes halogenated alkanes) is 2. The normalized spacial score (nSPS) is 13.4. The van der Waals surface area contributed by atoms with E-state index >= 15 is 0 Å². The monoisotopic (exact) mass is 342 g/mol. The van der Waals surface area contributed by atoms with Gasteiger partial charge >= 0.3 is 0 Å². The van der Waals surface area contributed by atoms with E-state index in [2.05, 4.69) is 6.92 Å². The molecule has 25 heavy (non-hydrogen) atoms. The maximum absolute atomic E-state index is 14.6. The van der Waals surface area contributed by atoms with Crippen molar-refractivity contribution in [2.45, 2.75) is 45.4 Å². The van der Waals surface area contributed by atoms with Crippen molar-refractivity contribution in [1.29, 1.82) is 0 Å². The minimum Gasteiger partial charge on any atom is -0.494 e. The summed E-state index contributed by atoms with van der Waals surface area (Å²) < 4.78 is 33.6. The van der Waals surface area contributed by atoms with E-state index in [1.54, 1.807) is 12.1 Å². The van der Waals surface area contributed by atoms with Crippen molar-refractivity contribution in [1.82, 2.24) is 0 Å². The van der Waals surface area contributed by atoms with Gasteiger partial charge in [0, 0.05) is 5.56 Å². The minimum atomic E-state index is -0.366. The SMILES string of the molecule is CCCCCc1ccc(C2=CCc3cc(OC)c(F)cc3C2)c(F)c1. The summed E-state index contributed by atoms with van der Waals surface area (Å²) in [5.41, 5.74) is 4.54. The first-order chi connectivity index (χ1) is 12.1. The first-order valence-corrected chi connectivity index (χ1v) is 8.95. The topological polar surface area (TPSA) is 9.23 Å². The first kappa shape index (κ1) is 17.7. The molecule has 132 valence electrons. The van der Waals surface area contributed by atoms with Gasteiger partial charge in [0.1, 0.15) is 5.82 Å². The Kier molecular flexibility index (Phi) is 5.52. The Balaban J connectivity index is 1.80. The van der Waals surface area contributed by atoms with Crippen molar-refractivity contribution in [2.24, 2.45) is 0 Å². The second-order valence-corrected chi connectivity index (χ2v) is 6.64. The van der Waals surface area contributed by atoms with Crippen LogP contribution in [0.5, 0.6) is 5.75 Å². The van der Waals surface area contributed by atoms with E-state index in [1.807, 2.05) is 18.2 Å². The third-order valence-corrected chi connectivity index (χ3v) is 4.87. The maximum atomic E-state index is 14.6. The van der Waals surface area contributed by atoms with E-state index in [1.165, 1.54) is 19.6 Å². The zero-order valence-corrected chi connectivity index (χ0v) is 14.9. The van der Waals surface area contributed by atoms with Gasteiger partial charge in [0.2, 0.25) is 0 Å². The molecule has 2 aromatic carbocycles. The van der Waals surface area contributed by atoms with E-state index < -0.39 is 0 Å². The molecule has 3 heteroatoms. The van der Waals surface area contributed by atoms with Gasteiger partial charge in [-0.25, -0.2) is 8.78 Å². The van der Waals surface area contributed by atoms with Crippen LogP contribution in [0.1, 0.15) is 48.4 Å². The second-order valence-electron chi connectivity index (χ2n) is 6.64. The largest absolute Gasteiger partial charge is 0.494 e. The number of methoxy groups -OCH3 is 1. The molecule has 0 fully saturated rings. The average molecular weight is 342 g/mol. The van der Waals surface area contributed by atoms with Crippen LogP contribution in [0.4, 0.5) is 8.78 Å². The van der Waals surface area contributed by atoms with Crippen LogP contribution < -0.4 is 4.74 Å². The van der Waals surface area contributed by atoms with Crippen molar-refractivity contribution < 1.29 is 13.5 Å². The maximum Gasteiger partial charge on any atom is 0.165 e. The molecule has 0 atom stereocenters. The Morgan fingerprint density at radius 2 is 1.84 bits per heavy atom. The van der Waals surface area contributed by atoms with Crippen LogP contribution >= 0.6 is 0 Å². The number of allylic oxidation sites excluding steroid dienone is 2. The highest BCUT2D eigenvalue weighted by Crippen LogP contribution is 2.32. The summed E-state index contributed by atoms with van der Waals surface area (Å²) in [5, 5.41) is 0. The van der Waals surface area contributed by atoms with Gasteiger partial charge in [-0.05, 0) is 66.1 Å². The molecule has 0 amide bonds. The van der Waals surface area contributed by atoms with Crippen LogP contribution in [0.2, 0.25) is 0 Å². The highest BCUT2D eigenvalue weighted by molar-refractivity contribution is 5.71. The molecule has 0 bridgehead atoms. The van der Waals surface area contributed by atoms with E-state index in [4.69, 9.17) is 4.74 Å². The van der Waals surface area contributed by atoms with Gasteiger partial charge in [-0.1, -0.05) is 38.0 Å². The lowest BCUT2D eigenvalue weighted by molar-refractivity contribution is 0.385. The lowest BCUT2D eigenvalue weighted by Crippen LogP contribution is -2.06. The highest BCUT2D eigenvalue weighted by atomic mass is 19.1. The quantitative estimate of drug-likeness (QED) is 0.595. The molecule has 1 aliphatic carbocycles. The van der Waals surface area contributed by atoms with E-state index in [9.17, 15) is 8.78 Å². The van der Waals surface area contributed by atoms with Gasteiger partial charge in [-0.15, -0.1) is 0 Å². The number of fused-ring (bicyclic) bond motifs is 1. The molecule has 0 saturated heterocycles. The van der Waals surface area contributed by atoms with Crippen molar-refractivity contribution in [2.75, 3.05) is 7.11 Å². The van der Waals surface area contributed by atoms with Gasteiger partial charge in [-0.2, -0.15) is 0 Å². The Morgan fingerprint density at radius 3 is 2.56 bits per heavy atom. The fourth-order valence-electron chi connectivity index (χ4n) is 3.42. The molecule has 0 unspecified atom stereocenters. The number of halogens is 2. The highest BCUT2D eigenvalue weighted by Gasteiger charge is 2.18. The smallest absolute Gasteiger partial charge is 0.165 e. The third kappa shape index (κ3) is 3.92. The van der Waals surface area contributed by atoms with Crippen LogP contribution in [0.3, 0.4) is 0 Å². The number of rotatable bonds is 6. The van der Waals surface area contributed by atoms with Gasteiger partial charge in [0.15, 0.2) is 11.6 Å². The summed E-state index contributed by atoms with van der Waals surface area (Å²) in [6.45, 7) is 2.16. The van der Waals surface area contributed by atoms with Crippen LogP contribution in [-0.2, 0) is 19.3 Å². The fourth-order valence-corrected chi connectivity index (χ4v) is 3.42. The number of benzene rings is 2. The van der Waals surface area contributed by atoms with E-state index in [-0.39, 0.29) is 17.4 Å². The van der Waals surface area contributed by atoms with Crippen LogP contribution in [0.15, 0.2) is 36.4 Å². The Hall–Kier alpha value is -2.16. The molecule has 3 rings (SSSR count). The average Bonchev–Trinajstić information content (AvgIpc) is 2.61. The van der Waals surface area contributed by atoms with Crippen LogP contribution in [0, 0.1) is 11.6 Å². The molecular formula is C22H24F2O. The first-order valence-electron chi connectivity index (χ1n) is 8.95. The standard InChI is InChI=1S/C22H24F2O/c1-3-4-5-6-15-7-10-19(20(23)11-15)17-9-8-16-14-22(25-2)21(24)13-18(16)12-17/h7,9-11,13-14H,3-6,8,12H2,1-2H3. The van der Waals surface area contributed by atoms with Gasteiger partial charge in [-0.3, -0.25) is 0 Å². The van der Waals surface area contributed by atoms with Crippen molar-refractivity contribution >= 4 is 5.57 Å². The molecule has 0 saturated carbocycles. The Morgan fingerprint density at radius 1 is 1.00 bits per heavy atom. The Labute approximate surface area is 148 Å². The number of ether oxygens (including phenoxy) is 1. The summed E-state index contributed by atoms with van der Waals surface area (Å²) in [6.07, 6.45) is 7.58.